The highest BCUT2D eigenvalue weighted by Crippen LogP contribution is 2.62. The van der Waals surface area contributed by atoms with Crippen molar-refractivity contribution >= 4 is 34.4 Å². The summed E-state index contributed by atoms with van der Waals surface area (Å²) in [5.41, 5.74) is 14.3. The van der Waals surface area contributed by atoms with Crippen LogP contribution in [0.25, 0.3) is 5.57 Å². The van der Waals surface area contributed by atoms with Crippen molar-refractivity contribution in [2.24, 2.45) is 23.7 Å². The highest BCUT2D eigenvalue weighted by atomic mass is 32.2. The number of hydrogen-bond acceptors (Lipinski definition) is 8. The molecule has 2 N–H and O–H groups in total. The number of thiophene rings is 1. The Balaban J connectivity index is 0.842. The van der Waals surface area contributed by atoms with E-state index in [0.29, 0.717) is 41.7 Å². The van der Waals surface area contributed by atoms with Crippen LogP contribution in [0.15, 0.2) is 114 Å². The summed E-state index contributed by atoms with van der Waals surface area (Å²) in [4.78, 5) is 11.0. The first-order valence-corrected chi connectivity index (χ1v) is 31.4. The molecule has 0 radical (unpaired) electrons. The third-order valence-electron chi connectivity index (χ3n) is 21.2. The maximum atomic E-state index is 11.9. The van der Waals surface area contributed by atoms with Crippen LogP contribution in [-0.2, 0) is 19.3 Å². The number of allylic oxidation sites excluding steroid dienone is 8. The second-order valence-electron chi connectivity index (χ2n) is 24.7. The highest BCUT2D eigenvalue weighted by Gasteiger charge is 2.56. The van der Waals surface area contributed by atoms with Crippen LogP contribution >= 0.6 is 23.1 Å². The van der Waals surface area contributed by atoms with Crippen molar-refractivity contribution in [2.45, 2.75) is 199 Å². The lowest BCUT2D eigenvalue weighted by atomic mass is 9.70. The number of fused-ring (bicyclic) bond motifs is 16. The minimum Gasteiger partial charge on any atom is -0.461 e. The maximum Gasteiger partial charge on any atom is 0.131 e. The highest BCUT2D eigenvalue weighted by molar-refractivity contribution is 8.00. The van der Waals surface area contributed by atoms with E-state index in [9.17, 15) is 5.26 Å². The van der Waals surface area contributed by atoms with Crippen molar-refractivity contribution in [1.82, 2.24) is 15.5 Å². The number of benzene rings is 2. The van der Waals surface area contributed by atoms with Gasteiger partial charge in [-0.2, -0.15) is 5.26 Å². The van der Waals surface area contributed by atoms with Gasteiger partial charge in [0.15, 0.2) is 0 Å². The van der Waals surface area contributed by atoms with Crippen LogP contribution in [0.2, 0.25) is 0 Å². The SMILES string of the molecule is N#CC1CC(C2C=CC(C3C=CC=CC3)NC(c3cccc4c3C3CCCC=C3O4)N2)C(N2C3=C(c4sc5c(c4CC3)CCCC5)C3CCC=CC32)CC1N1c2ccc3c(c2C2C=CCCC21)SC1CCCCC31. The molecule has 15 atom stereocenters. The summed E-state index contributed by atoms with van der Waals surface area (Å²) in [5.74, 6) is 4.63. The van der Waals surface area contributed by atoms with Crippen LogP contribution in [0.3, 0.4) is 0 Å². The Morgan fingerprint density at radius 1 is 0.689 bits per heavy atom. The summed E-state index contributed by atoms with van der Waals surface area (Å²) < 4.78 is 6.70. The fourth-order valence-corrected chi connectivity index (χ4v) is 21.3. The predicted octanol–water partition coefficient (Wildman–Crippen LogP) is 14.5. The van der Waals surface area contributed by atoms with Crippen LogP contribution < -0.4 is 20.3 Å². The van der Waals surface area contributed by atoms with Gasteiger partial charge in [-0.1, -0.05) is 91.8 Å². The summed E-state index contributed by atoms with van der Waals surface area (Å²) in [7, 11) is 0. The van der Waals surface area contributed by atoms with E-state index in [2.05, 4.69) is 147 Å². The van der Waals surface area contributed by atoms with Gasteiger partial charge in [0, 0.05) is 84.8 Å². The molecule has 15 unspecified atom stereocenters. The van der Waals surface area contributed by atoms with Gasteiger partial charge in [-0.05, 0) is 185 Å². The molecule has 3 aromatic rings. The first-order valence-electron chi connectivity index (χ1n) is 29.7. The van der Waals surface area contributed by atoms with Crippen LogP contribution in [0.4, 0.5) is 5.69 Å². The fraction of sp³-hybridized carbons (Fsp3) is 0.530. The summed E-state index contributed by atoms with van der Waals surface area (Å²) >= 11 is 4.44. The average molecular weight is 1020 g/mol. The van der Waals surface area contributed by atoms with Crippen LogP contribution in [0.5, 0.6) is 5.75 Å². The molecule has 8 aliphatic carbocycles. The van der Waals surface area contributed by atoms with Gasteiger partial charge in [0.25, 0.3) is 0 Å². The van der Waals surface area contributed by atoms with Crippen LogP contribution in [0, 0.1) is 35.0 Å². The Kier molecular flexibility index (Phi) is 11.3. The lowest BCUT2D eigenvalue weighted by molar-refractivity contribution is 0.0657. The van der Waals surface area contributed by atoms with E-state index in [1.165, 1.54) is 100 Å². The normalized spacial score (nSPS) is 37.8. The molecule has 0 amide bonds. The van der Waals surface area contributed by atoms with Crippen molar-refractivity contribution in [2.75, 3.05) is 4.90 Å². The second-order valence-corrected chi connectivity index (χ2v) is 27.1. The third kappa shape index (κ3) is 7.06. The molecule has 6 nitrogen and oxygen atoms in total. The number of nitriles is 1. The zero-order chi connectivity index (χ0) is 48.6. The second kappa shape index (κ2) is 18.3. The Morgan fingerprint density at radius 3 is 2.54 bits per heavy atom. The van der Waals surface area contributed by atoms with Gasteiger partial charge in [-0.25, -0.2) is 0 Å². The van der Waals surface area contributed by atoms with E-state index in [1.54, 1.807) is 48.2 Å². The largest absolute Gasteiger partial charge is 0.461 e. The van der Waals surface area contributed by atoms with Gasteiger partial charge in [0.2, 0.25) is 0 Å². The third-order valence-corrected chi connectivity index (χ3v) is 24.1. The van der Waals surface area contributed by atoms with E-state index >= 15 is 0 Å². The topological polar surface area (TPSA) is 63.6 Å². The lowest BCUT2D eigenvalue weighted by Gasteiger charge is -2.53. The molecule has 5 aliphatic heterocycles. The molecule has 16 rings (SSSR count). The van der Waals surface area contributed by atoms with Gasteiger partial charge in [-0.15, -0.1) is 23.1 Å². The molecule has 380 valence electrons. The molecule has 6 heterocycles. The number of aryl methyl sites for hydroxylation is 1. The number of rotatable bonds is 5. The average Bonchev–Trinajstić information content (AvgIpc) is 4.25. The van der Waals surface area contributed by atoms with Crippen molar-refractivity contribution in [3.05, 3.63) is 152 Å². The number of hydrogen-bond donors (Lipinski definition) is 2. The van der Waals surface area contributed by atoms with Gasteiger partial charge in [-0.3, -0.25) is 10.6 Å². The first-order chi connectivity index (χ1) is 36.7. The summed E-state index contributed by atoms with van der Waals surface area (Å²) in [5, 5.41) is 21.4. The lowest BCUT2D eigenvalue weighted by Crippen LogP contribution is -2.60. The van der Waals surface area contributed by atoms with Crippen molar-refractivity contribution < 1.29 is 4.74 Å². The zero-order valence-corrected chi connectivity index (χ0v) is 44.7. The Morgan fingerprint density at radius 2 is 1.59 bits per heavy atom. The number of anilines is 1. The van der Waals surface area contributed by atoms with E-state index in [4.69, 9.17) is 4.74 Å². The van der Waals surface area contributed by atoms with E-state index in [-0.39, 0.29) is 42.2 Å². The molecule has 74 heavy (non-hydrogen) atoms. The van der Waals surface area contributed by atoms with Gasteiger partial charge in [0.05, 0.1) is 24.2 Å². The minimum atomic E-state index is -0.0932. The van der Waals surface area contributed by atoms with Gasteiger partial charge < -0.3 is 14.5 Å². The molecule has 13 aliphatic rings. The molecule has 2 fully saturated rings. The molecule has 0 spiro atoms. The standard InChI is InChI=1S/C66H73N5OS2/c67-37-39-35-48(50-32-31-49(38-15-2-1-3-16-38)68-66(69-50)47-22-14-26-58-61(47)46-21-6-11-25-57(46)72-58)56(71-52-24-10-5-20-45(52)63-54(71)34-30-43-41-18-8-13-28-60(41)74-65(43)63)36-55(39)70-51-23-9-4-19-44(51)62-53(70)33-29-42-40-17-7-12-27-59(40)73-64(42)62/h1-4,10,14-15,19,22,24-26,29,31-33,38-40,44-46,48-52,55-56,59,66,68-69H,5-9,11-13,16-18,20-21,23,27-28,30,34-36H2. The maximum absolute atomic E-state index is 11.9. The van der Waals surface area contributed by atoms with Crippen LogP contribution in [0.1, 0.15) is 176 Å². The molecular formula is C66H73N5OS2. The summed E-state index contributed by atoms with van der Waals surface area (Å²) in [6, 6.07) is 16.5. The Hall–Kier alpha value is -4.52. The molecule has 2 aromatic carbocycles. The number of ether oxygens (including phenoxy) is 1. The van der Waals surface area contributed by atoms with E-state index < -0.39 is 0 Å². The van der Waals surface area contributed by atoms with Crippen molar-refractivity contribution in [1.29, 1.82) is 5.26 Å². The summed E-state index contributed by atoms with van der Waals surface area (Å²) in [6.45, 7) is 0. The monoisotopic (exact) mass is 1020 g/mol. The molecule has 1 aromatic heterocycles. The summed E-state index contributed by atoms with van der Waals surface area (Å²) in [6.07, 6.45) is 51.0. The Bertz CT molecular complexity index is 3050. The smallest absolute Gasteiger partial charge is 0.131 e. The molecule has 0 saturated heterocycles. The van der Waals surface area contributed by atoms with Gasteiger partial charge >= 0.3 is 0 Å². The van der Waals surface area contributed by atoms with E-state index in [0.717, 1.165) is 61.7 Å². The molecule has 8 heteroatoms. The predicted molar refractivity (Wildman–Crippen MR) is 302 cm³/mol. The number of nitrogens with zero attached hydrogens (tertiary/aromatic N) is 3. The number of thioether (sulfide) groups is 1. The minimum absolute atomic E-state index is 0.0603. The van der Waals surface area contributed by atoms with E-state index in [1.807, 2.05) is 0 Å². The van der Waals surface area contributed by atoms with Crippen molar-refractivity contribution in [3.63, 3.8) is 0 Å². The molecule has 2 saturated carbocycles. The molecule has 0 bridgehead atoms. The molecular weight excluding hydrogens is 943 g/mol. The first kappa shape index (κ1) is 45.7. The van der Waals surface area contributed by atoms with Crippen molar-refractivity contribution in [3.8, 4) is 11.8 Å². The van der Waals surface area contributed by atoms with Crippen LogP contribution in [-0.4, -0.2) is 46.4 Å². The Labute approximate surface area is 448 Å². The zero-order valence-electron chi connectivity index (χ0n) is 43.1. The number of nitrogens with one attached hydrogen (secondary N) is 2. The van der Waals surface area contributed by atoms with Gasteiger partial charge in [0.1, 0.15) is 11.5 Å². The fourth-order valence-electron chi connectivity index (χ4n) is 18.0. The quantitative estimate of drug-likeness (QED) is 0.247.